The fourth-order valence-corrected chi connectivity index (χ4v) is 1.13. The Labute approximate surface area is 94.0 Å². The minimum atomic E-state index is -1.44. The average Bonchev–Trinajstić information content (AvgIpc) is 2.16. The normalized spacial score (nSPS) is 9.56. The van der Waals surface area contributed by atoms with Gasteiger partial charge >= 0.3 is 17.4 Å². The SMILES string of the molecule is O=C(Cl)Oc1ccc(C(=O)O)c(C(=O)O)c1. The molecule has 6 nitrogen and oxygen atoms in total. The molecule has 16 heavy (non-hydrogen) atoms. The fourth-order valence-electron chi connectivity index (χ4n) is 1.04. The van der Waals surface area contributed by atoms with E-state index < -0.39 is 28.5 Å². The summed E-state index contributed by atoms with van der Waals surface area (Å²) >= 11 is 4.92. The Morgan fingerprint density at radius 3 is 2.06 bits per heavy atom. The molecular formula is C9H5ClO6. The van der Waals surface area contributed by atoms with Crippen LogP contribution in [0.2, 0.25) is 0 Å². The summed E-state index contributed by atoms with van der Waals surface area (Å²) in [6.45, 7) is 0. The van der Waals surface area contributed by atoms with Crippen LogP contribution < -0.4 is 4.74 Å². The molecule has 0 bridgehead atoms. The number of carboxylic acid groups (broad SMARTS) is 2. The Morgan fingerprint density at radius 2 is 1.62 bits per heavy atom. The van der Waals surface area contributed by atoms with Crippen LogP contribution in [0.5, 0.6) is 5.75 Å². The Hall–Kier alpha value is -2.08. The van der Waals surface area contributed by atoms with Crippen molar-refractivity contribution in [3.63, 3.8) is 0 Å². The van der Waals surface area contributed by atoms with Crippen molar-refractivity contribution in [1.82, 2.24) is 0 Å². The molecule has 0 aromatic heterocycles. The molecule has 0 saturated carbocycles. The van der Waals surface area contributed by atoms with Gasteiger partial charge in [0.25, 0.3) is 0 Å². The number of benzene rings is 1. The summed E-state index contributed by atoms with van der Waals surface area (Å²) in [6, 6.07) is 3.06. The third-order valence-electron chi connectivity index (χ3n) is 1.65. The maximum atomic E-state index is 10.7. The lowest BCUT2D eigenvalue weighted by molar-refractivity contribution is 0.0651. The lowest BCUT2D eigenvalue weighted by Gasteiger charge is -2.04. The van der Waals surface area contributed by atoms with E-state index in [-0.39, 0.29) is 5.75 Å². The van der Waals surface area contributed by atoms with Crippen molar-refractivity contribution in [2.45, 2.75) is 0 Å². The van der Waals surface area contributed by atoms with Gasteiger partial charge in [0, 0.05) is 11.6 Å². The first-order valence-corrected chi connectivity index (χ1v) is 4.27. The first kappa shape index (κ1) is 12.0. The van der Waals surface area contributed by atoms with Crippen molar-refractivity contribution >= 4 is 29.0 Å². The first-order valence-electron chi connectivity index (χ1n) is 3.89. The van der Waals surface area contributed by atoms with E-state index in [1.54, 1.807) is 0 Å². The Balaban J connectivity index is 3.22. The zero-order valence-corrected chi connectivity index (χ0v) is 8.39. The highest BCUT2D eigenvalue weighted by Crippen LogP contribution is 2.19. The van der Waals surface area contributed by atoms with Crippen LogP contribution in [0, 0.1) is 0 Å². The molecule has 0 aliphatic heterocycles. The van der Waals surface area contributed by atoms with Crippen LogP contribution in [0.4, 0.5) is 4.79 Å². The minimum Gasteiger partial charge on any atom is -0.478 e. The average molecular weight is 245 g/mol. The molecule has 0 fully saturated rings. The Morgan fingerprint density at radius 1 is 1.06 bits per heavy atom. The predicted molar refractivity (Wildman–Crippen MR) is 52.2 cm³/mol. The molecule has 84 valence electrons. The maximum Gasteiger partial charge on any atom is 0.409 e. The van der Waals surface area contributed by atoms with E-state index in [9.17, 15) is 14.4 Å². The molecule has 0 aliphatic carbocycles. The number of aromatic carboxylic acids is 2. The lowest BCUT2D eigenvalue weighted by Crippen LogP contribution is -2.08. The molecule has 0 atom stereocenters. The minimum absolute atomic E-state index is 0.137. The topological polar surface area (TPSA) is 101 Å². The van der Waals surface area contributed by atoms with Crippen molar-refractivity contribution in [3.05, 3.63) is 29.3 Å². The lowest BCUT2D eigenvalue weighted by atomic mass is 10.1. The van der Waals surface area contributed by atoms with E-state index in [0.717, 1.165) is 18.2 Å². The largest absolute Gasteiger partial charge is 0.478 e. The van der Waals surface area contributed by atoms with Crippen LogP contribution in [0.3, 0.4) is 0 Å². The molecule has 0 saturated heterocycles. The van der Waals surface area contributed by atoms with E-state index in [4.69, 9.17) is 21.8 Å². The second-order valence-corrected chi connectivity index (χ2v) is 2.97. The molecular weight excluding hydrogens is 240 g/mol. The maximum absolute atomic E-state index is 10.7. The third-order valence-corrected chi connectivity index (χ3v) is 1.73. The molecule has 0 unspecified atom stereocenters. The summed E-state index contributed by atoms with van der Waals surface area (Å²) in [5, 5.41) is 17.4. The van der Waals surface area contributed by atoms with Crippen LogP contribution in [0.1, 0.15) is 20.7 Å². The summed E-state index contributed by atoms with van der Waals surface area (Å²) in [5.41, 5.74) is -2.02. The fraction of sp³-hybridized carbons (Fsp3) is 0. The molecule has 1 rings (SSSR count). The number of carboxylic acids is 2. The van der Waals surface area contributed by atoms with Gasteiger partial charge in [-0.25, -0.2) is 14.4 Å². The predicted octanol–water partition coefficient (Wildman–Crippen LogP) is 1.82. The van der Waals surface area contributed by atoms with Crippen molar-refractivity contribution in [2.24, 2.45) is 0 Å². The number of halogens is 1. The number of ether oxygens (including phenoxy) is 1. The summed E-state index contributed by atoms with van der Waals surface area (Å²) < 4.78 is 4.41. The van der Waals surface area contributed by atoms with Gasteiger partial charge in [0.15, 0.2) is 0 Å². The Kier molecular flexibility index (Phi) is 3.47. The second kappa shape index (κ2) is 4.63. The number of hydrogen-bond acceptors (Lipinski definition) is 4. The zero-order chi connectivity index (χ0) is 12.3. The summed E-state index contributed by atoms with van der Waals surface area (Å²) in [7, 11) is 0. The molecule has 1 aromatic rings. The zero-order valence-electron chi connectivity index (χ0n) is 7.64. The molecule has 0 heterocycles. The highest BCUT2D eigenvalue weighted by atomic mass is 35.5. The molecule has 2 N–H and O–H groups in total. The van der Waals surface area contributed by atoms with E-state index >= 15 is 0 Å². The van der Waals surface area contributed by atoms with Crippen LogP contribution in [-0.2, 0) is 0 Å². The van der Waals surface area contributed by atoms with Crippen molar-refractivity contribution in [2.75, 3.05) is 0 Å². The van der Waals surface area contributed by atoms with Crippen LogP contribution >= 0.6 is 11.6 Å². The smallest absolute Gasteiger partial charge is 0.409 e. The highest BCUT2D eigenvalue weighted by Gasteiger charge is 2.17. The van der Waals surface area contributed by atoms with Gasteiger partial charge in [0.2, 0.25) is 0 Å². The van der Waals surface area contributed by atoms with Gasteiger partial charge in [-0.3, -0.25) is 0 Å². The first-order chi connectivity index (χ1) is 7.41. The van der Waals surface area contributed by atoms with Crippen molar-refractivity contribution in [3.8, 4) is 5.75 Å². The highest BCUT2D eigenvalue weighted by molar-refractivity contribution is 6.61. The number of carbonyl (C=O) groups excluding carboxylic acids is 1. The van der Waals surface area contributed by atoms with Gasteiger partial charge in [-0.05, 0) is 18.2 Å². The van der Waals surface area contributed by atoms with Crippen LogP contribution in [0.25, 0.3) is 0 Å². The van der Waals surface area contributed by atoms with Crippen molar-refractivity contribution in [1.29, 1.82) is 0 Å². The van der Waals surface area contributed by atoms with E-state index in [1.165, 1.54) is 0 Å². The van der Waals surface area contributed by atoms with Gasteiger partial charge in [-0.1, -0.05) is 0 Å². The molecule has 0 radical (unpaired) electrons. The third kappa shape index (κ3) is 2.71. The molecule has 7 heteroatoms. The summed E-state index contributed by atoms with van der Waals surface area (Å²) in [5.74, 6) is -2.96. The van der Waals surface area contributed by atoms with Crippen LogP contribution in [-0.4, -0.2) is 27.6 Å². The summed E-state index contributed by atoms with van der Waals surface area (Å²) in [4.78, 5) is 31.8. The Bertz CT molecular complexity index is 467. The van der Waals surface area contributed by atoms with Gasteiger partial charge in [-0.15, -0.1) is 0 Å². The van der Waals surface area contributed by atoms with Gasteiger partial charge in [0.1, 0.15) is 5.75 Å². The van der Waals surface area contributed by atoms with Crippen LogP contribution in [0.15, 0.2) is 18.2 Å². The second-order valence-electron chi connectivity index (χ2n) is 2.66. The van der Waals surface area contributed by atoms with E-state index in [1.807, 2.05) is 0 Å². The molecule has 0 spiro atoms. The van der Waals surface area contributed by atoms with Gasteiger partial charge < -0.3 is 14.9 Å². The van der Waals surface area contributed by atoms with Crippen molar-refractivity contribution < 1.29 is 29.3 Å². The van der Waals surface area contributed by atoms with Gasteiger partial charge in [-0.2, -0.15) is 0 Å². The molecule has 0 amide bonds. The standard InChI is InChI=1S/C9H5ClO6/c10-9(15)16-4-1-2-5(7(11)12)6(3-4)8(13)14/h1-3H,(H,11,12)(H,13,14). The molecule has 0 aliphatic rings. The monoisotopic (exact) mass is 244 g/mol. The van der Waals surface area contributed by atoms with E-state index in [2.05, 4.69) is 4.74 Å². The molecule has 1 aromatic carbocycles. The van der Waals surface area contributed by atoms with Gasteiger partial charge in [0.05, 0.1) is 11.1 Å². The quantitative estimate of drug-likeness (QED) is 0.787. The number of carbonyl (C=O) groups is 3. The number of rotatable bonds is 3. The summed E-state index contributed by atoms with van der Waals surface area (Å²) in [6.07, 6.45) is 0. The van der Waals surface area contributed by atoms with E-state index in [0.29, 0.717) is 0 Å². The number of hydrogen-bond donors (Lipinski definition) is 2.